The molecule has 3 aromatic rings. The summed E-state index contributed by atoms with van der Waals surface area (Å²) >= 11 is 1.34. The summed E-state index contributed by atoms with van der Waals surface area (Å²) in [6.45, 7) is 2.96. The lowest BCUT2D eigenvalue weighted by molar-refractivity contribution is -0.132. The number of amides is 1. The molecule has 1 aliphatic heterocycles. The van der Waals surface area contributed by atoms with Gasteiger partial charge in [-0.25, -0.2) is 4.98 Å². The van der Waals surface area contributed by atoms with E-state index >= 15 is 0 Å². The van der Waals surface area contributed by atoms with E-state index in [9.17, 15) is 9.59 Å². The summed E-state index contributed by atoms with van der Waals surface area (Å²) in [6.07, 6.45) is 4.31. The second kappa shape index (κ2) is 8.34. The van der Waals surface area contributed by atoms with Gasteiger partial charge in [-0.1, -0.05) is 18.7 Å². The molecule has 1 atom stereocenters. The molecule has 0 N–H and O–H groups in total. The van der Waals surface area contributed by atoms with Gasteiger partial charge in [0.25, 0.3) is 5.56 Å². The number of likely N-dealkylation sites (tertiary alicyclic amines) is 1. The summed E-state index contributed by atoms with van der Waals surface area (Å²) < 4.78 is 8.77. The number of aromatic nitrogens is 3. The summed E-state index contributed by atoms with van der Waals surface area (Å²) in [5.41, 5.74) is 2.01. The molecule has 7 nitrogen and oxygen atoms in total. The van der Waals surface area contributed by atoms with E-state index in [2.05, 4.69) is 6.92 Å². The van der Waals surface area contributed by atoms with Crippen LogP contribution in [0.4, 0.5) is 0 Å². The van der Waals surface area contributed by atoms with Crippen LogP contribution in [0.3, 0.4) is 0 Å². The van der Waals surface area contributed by atoms with Gasteiger partial charge in [-0.05, 0) is 43.9 Å². The number of nitrogens with zero attached hydrogens (tertiary/aromatic N) is 4. The average molecular weight is 429 g/mol. The van der Waals surface area contributed by atoms with Crippen LogP contribution in [0.2, 0.25) is 0 Å². The number of hydrogen-bond donors (Lipinski definition) is 0. The van der Waals surface area contributed by atoms with Crippen molar-refractivity contribution in [1.82, 2.24) is 19.0 Å². The molecule has 0 saturated carbocycles. The fourth-order valence-electron chi connectivity index (χ4n) is 4.40. The molecule has 0 radical (unpaired) electrons. The van der Waals surface area contributed by atoms with E-state index in [1.807, 2.05) is 34.7 Å². The number of hydrogen-bond acceptors (Lipinski definition) is 5. The number of carbonyl (C=O) groups excluding carboxylic acids is 1. The maximum Gasteiger partial charge on any atom is 0.278 e. The minimum absolute atomic E-state index is 0.114. The van der Waals surface area contributed by atoms with E-state index in [-0.39, 0.29) is 17.2 Å². The van der Waals surface area contributed by atoms with Gasteiger partial charge in [0.05, 0.1) is 18.4 Å². The van der Waals surface area contributed by atoms with Gasteiger partial charge in [-0.2, -0.15) is 0 Å². The predicted molar refractivity (Wildman–Crippen MR) is 120 cm³/mol. The number of piperidine rings is 1. The first kappa shape index (κ1) is 20.8. The van der Waals surface area contributed by atoms with Crippen molar-refractivity contribution in [2.45, 2.75) is 43.8 Å². The van der Waals surface area contributed by atoms with Crippen LogP contribution in [-0.2, 0) is 18.9 Å². The fraction of sp³-hybridized carbons (Fsp3) is 0.500. The first-order valence-electron chi connectivity index (χ1n) is 10.4. The maximum atomic E-state index is 13.1. The van der Waals surface area contributed by atoms with Gasteiger partial charge in [0.1, 0.15) is 16.8 Å². The molecule has 0 bridgehead atoms. The molecule has 0 spiro atoms. The van der Waals surface area contributed by atoms with Crippen molar-refractivity contribution >= 4 is 39.6 Å². The van der Waals surface area contributed by atoms with Gasteiger partial charge in [-0.3, -0.25) is 14.2 Å². The highest BCUT2D eigenvalue weighted by Crippen LogP contribution is 2.30. The first-order valence-corrected chi connectivity index (χ1v) is 11.4. The second-order valence-corrected chi connectivity index (χ2v) is 8.77. The highest BCUT2D eigenvalue weighted by Gasteiger charge is 2.26. The zero-order valence-corrected chi connectivity index (χ0v) is 18.8. The monoisotopic (exact) mass is 428 g/mol. The third-order valence-electron chi connectivity index (χ3n) is 6.12. The van der Waals surface area contributed by atoms with Gasteiger partial charge < -0.3 is 14.2 Å². The van der Waals surface area contributed by atoms with Crippen LogP contribution in [0.1, 0.15) is 32.6 Å². The first-order chi connectivity index (χ1) is 14.5. The van der Waals surface area contributed by atoms with E-state index in [1.165, 1.54) is 18.2 Å². The van der Waals surface area contributed by atoms with Gasteiger partial charge in [0.15, 0.2) is 5.16 Å². The van der Waals surface area contributed by atoms with Crippen LogP contribution < -0.4 is 10.3 Å². The van der Waals surface area contributed by atoms with Crippen LogP contribution in [-0.4, -0.2) is 50.4 Å². The molecule has 3 heterocycles. The van der Waals surface area contributed by atoms with E-state index in [1.54, 1.807) is 18.7 Å². The molecule has 2 aromatic heterocycles. The Morgan fingerprint density at radius 1 is 1.27 bits per heavy atom. The van der Waals surface area contributed by atoms with Crippen molar-refractivity contribution in [2.24, 2.45) is 14.1 Å². The van der Waals surface area contributed by atoms with Crippen LogP contribution >= 0.6 is 11.8 Å². The molecule has 30 heavy (non-hydrogen) atoms. The molecular formula is C22H28N4O3S. The quantitative estimate of drug-likeness (QED) is 0.461. The topological polar surface area (TPSA) is 69.4 Å². The van der Waals surface area contributed by atoms with E-state index in [4.69, 9.17) is 9.72 Å². The smallest absolute Gasteiger partial charge is 0.278 e. The molecule has 1 fully saturated rings. The standard InChI is InChI=1S/C22H28N4O3S/c1-5-14-8-6-7-11-26(14)18(27)13-30-22-23-19-16-12-15(29-4)9-10-17(16)24(2)20(19)21(28)25(22)3/h9-10,12,14H,5-8,11,13H2,1-4H3/t14-/m0/s1. The van der Waals surface area contributed by atoms with Gasteiger partial charge >= 0.3 is 0 Å². The molecular weight excluding hydrogens is 400 g/mol. The third-order valence-corrected chi connectivity index (χ3v) is 7.14. The fourth-order valence-corrected chi connectivity index (χ4v) is 5.25. The molecule has 1 aliphatic rings. The summed E-state index contributed by atoms with van der Waals surface area (Å²) in [5.74, 6) is 1.13. The molecule has 8 heteroatoms. The normalized spacial score (nSPS) is 17.1. The number of rotatable bonds is 5. The van der Waals surface area contributed by atoms with Crippen LogP contribution in [0.5, 0.6) is 5.75 Å². The number of benzene rings is 1. The van der Waals surface area contributed by atoms with Gasteiger partial charge in [0.2, 0.25) is 5.91 Å². The second-order valence-electron chi connectivity index (χ2n) is 7.83. The lowest BCUT2D eigenvalue weighted by atomic mass is 10.0. The Bertz CT molecular complexity index is 1170. The largest absolute Gasteiger partial charge is 0.497 e. The van der Waals surface area contributed by atoms with E-state index in [0.717, 1.165) is 42.5 Å². The Hall–Kier alpha value is -2.48. The highest BCUT2D eigenvalue weighted by molar-refractivity contribution is 7.99. The van der Waals surface area contributed by atoms with E-state index in [0.29, 0.717) is 22.2 Å². The van der Waals surface area contributed by atoms with E-state index < -0.39 is 0 Å². The number of thioether (sulfide) groups is 1. The lowest BCUT2D eigenvalue weighted by Crippen LogP contribution is -2.44. The Balaban J connectivity index is 1.69. The van der Waals surface area contributed by atoms with Crippen LogP contribution in [0.15, 0.2) is 28.2 Å². The number of methoxy groups -OCH3 is 1. The van der Waals surface area contributed by atoms with Gasteiger partial charge in [0, 0.05) is 32.1 Å². The van der Waals surface area contributed by atoms with Crippen molar-refractivity contribution < 1.29 is 9.53 Å². The Morgan fingerprint density at radius 2 is 2.07 bits per heavy atom. The molecule has 1 aromatic carbocycles. The third kappa shape index (κ3) is 3.47. The van der Waals surface area contributed by atoms with Gasteiger partial charge in [-0.15, -0.1) is 0 Å². The Labute approximate surface area is 180 Å². The van der Waals surface area contributed by atoms with Crippen LogP contribution in [0.25, 0.3) is 21.9 Å². The number of aryl methyl sites for hydroxylation is 1. The molecule has 1 amide bonds. The lowest BCUT2D eigenvalue weighted by Gasteiger charge is -2.35. The summed E-state index contributed by atoms with van der Waals surface area (Å²) in [6, 6.07) is 6.05. The molecule has 0 aliphatic carbocycles. The maximum absolute atomic E-state index is 13.1. The van der Waals surface area contributed by atoms with Crippen molar-refractivity contribution in [3.63, 3.8) is 0 Å². The summed E-state index contributed by atoms with van der Waals surface area (Å²) in [7, 11) is 5.21. The summed E-state index contributed by atoms with van der Waals surface area (Å²) in [4.78, 5) is 32.8. The molecule has 1 saturated heterocycles. The number of carbonyl (C=O) groups is 1. The van der Waals surface area contributed by atoms with Crippen molar-refractivity contribution in [2.75, 3.05) is 19.4 Å². The number of fused-ring (bicyclic) bond motifs is 3. The molecule has 160 valence electrons. The summed E-state index contributed by atoms with van der Waals surface area (Å²) in [5, 5.41) is 1.43. The van der Waals surface area contributed by atoms with Crippen molar-refractivity contribution in [3.8, 4) is 5.75 Å². The van der Waals surface area contributed by atoms with Crippen molar-refractivity contribution in [3.05, 3.63) is 28.6 Å². The Morgan fingerprint density at radius 3 is 2.80 bits per heavy atom. The zero-order chi connectivity index (χ0) is 21.4. The molecule has 0 unspecified atom stereocenters. The predicted octanol–water partition coefficient (Wildman–Crippen LogP) is 3.32. The highest BCUT2D eigenvalue weighted by atomic mass is 32.2. The Kier molecular flexibility index (Phi) is 5.77. The van der Waals surface area contributed by atoms with Crippen molar-refractivity contribution in [1.29, 1.82) is 0 Å². The average Bonchev–Trinajstić information content (AvgIpc) is 3.06. The SMILES string of the molecule is CC[C@H]1CCCCN1C(=O)CSc1nc2c3cc(OC)ccc3n(C)c2c(=O)n1C. The zero-order valence-electron chi connectivity index (χ0n) is 18.0. The molecule has 4 rings (SSSR count). The minimum Gasteiger partial charge on any atom is -0.497 e. The minimum atomic E-state index is -0.114. The number of ether oxygens (including phenoxy) is 1. The van der Waals surface area contributed by atoms with Crippen LogP contribution in [0, 0.1) is 0 Å².